The summed E-state index contributed by atoms with van der Waals surface area (Å²) < 4.78 is 5.83. The highest BCUT2D eigenvalue weighted by Gasteiger charge is 2.20. The Labute approximate surface area is 121 Å². The molecule has 0 atom stereocenters. The van der Waals surface area contributed by atoms with Crippen molar-refractivity contribution >= 4 is 27.3 Å². The van der Waals surface area contributed by atoms with E-state index >= 15 is 0 Å². The Kier molecular flexibility index (Phi) is 3.94. The monoisotopic (exact) mass is 338 g/mol. The number of nitro groups is 2. The van der Waals surface area contributed by atoms with Gasteiger partial charge < -0.3 is 4.74 Å². The Morgan fingerprint density at radius 3 is 2.15 bits per heavy atom. The van der Waals surface area contributed by atoms with Gasteiger partial charge in [-0.3, -0.25) is 20.2 Å². The van der Waals surface area contributed by atoms with Crippen molar-refractivity contribution in [1.29, 1.82) is 0 Å². The number of ether oxygens (including phenoxy) is 1. The predicted octanol–water partition coefficient (Wildman–Crippen LogP) is 4.06. The van der Waals surface area contributed by atoms with Gasteiger partial charge in [0.05, 0.1) is 9.85 Å². The first-order chi connectivity index (χ1) is 9.49. The summed E-state index contributed by atoms with van der Waals surface area (Å²) in [5, 5.41) is 21.8. The minimum Gasteiger partial charge on any atom is -0.443 e. The molecule has 0 spiro atoms. The summed E-state index contributed by atoms with van der Waals surface area (Å²) in [5.41, 5.74) is -0.540. The second-order valence-corrected chi connectivity index (χ2v) is 4.61. The van der Waals surface area contributed by atoms with E-state index in [9.17, 15) is 20.2 Å². The number of benzene rings is 2. The standard InChI is InChI=1S/C12H7BrN2O5/c13-8-5-6-12(10(7-8)15(18)19)20-11-4-2-1-3-9(11)14(16)17/h1-7H. The van der Waals surface area contributed by atoms with Crippen LogP contribution >= 0.6 is 15.9 Å². The van der Waals surface area contributed by atoms with Gasteiger partial charge in [-0.15, -0.1) is 0 Å². The summed E-state index contributed by atoms with van der Waals surface area (Å²) in [7, 11) is 0. The van der Waals surface area contributed by atoms with E-state index in [1.54, 1.807) is 12.1 Å². The van der Waals surface area contributed by atoms with Gasteiger partial charge in [-0.25, -0.2) is 0 Å². The maximum Gasteiger partial charge on any atom is 0.312 e. The smallest absolute Gasteiger partial charge is 0.312 e. The van der Waals surface area contributed by atoms with Gasteiger partial charge in [-0.1, -0.05) is 28.1 Å². The fourth-order valence-electron chi connectivity index (χ4n) is 1.53. The van der Waals surface area contributed by atoms with Crippen molar-refractivity contribution in [1.82, 2.24) is 0 Å². The molecule has 0 aliphatic carbocycles. The van der Waals surface area contributed by atoms with Gasteiger partial charge in [0.2, 0.25) is 11.5 Å². The molecule has 0 radical (unpaired) electrons. The summed E-state index contributed by atoms with van der Waals surface area (Å²) in [6.45, 7) is 0. The molecule has 0 aliphatic heterocycles. The molecule has 0 N–H and O–H groups in total. The summed E-state index contributed by atoms with van der Waals surface area (Å²) in [6, 6.07) is 9.87. The molecule has 7 nitrogen and oxygen atoms in total. The largest absolute Gasteiger partial charge is 0.443 e. The van der Waals surface area contributed by atoms with Crippen LogP contribution in [0.15, 0.2) is 46.9 Å². The number of hydrogen-bond acceptors (Lipinski definition) is 5. The summed E-state index contributed by atoms with van der Waals surface area (Å²) >= 11 is 3.12. The van der Waals surface area contributed by atoms with Gasteiger partial charge in [0.1, 0.15) is 0 Å². The molecule has 0 aromatic heterocycles. The van der Waals surface area contributed by atoms with E-state index in [1.807, 2.05) is 0 Å². The lowest BCUT2D eigenvalue weighted by molar-refractivity contribution is -0.387. The van der Waals surface area contributed by atoms with E-state index < -0.39 is 9.85 Å². The van der Waals surface area contributed by atoms with Crippen LogP contribution < -0.4 is 4.74 Å². The number of hydrogen-bond donors (Lipinski definition) is 0. The molecular weight excluding hydrogens is 332 g/mol. The van der Waals surface area contributed by atoms with Crippen molar-refractivity contribution in [2.45, 2.75) is 0 Å². The topological polar surface area (TPSA) is 95.5 Å². The highest BCUT2D eigenvalue weighted by atomic mass is 79.9. The van der Waals surface area contributed by atoms with Crippen molar-refractivity contribution in [3.8, 4) is 11.5 Å². The van der Waals surface area contributed by atoms with Crippen molar-refractivity contribution in [3.05, 3.63) is 67.2 Å². The molecule has 2 rings (SSSR count). The molecule has 0 fully saturated rings. The van der Waals surface area contributed by atoms with Crippen molar-refractivity contribution in [2.75, 3.05) is 0 Å². The third-order valence-electron chi connectivity index (χ3n) is 2.40. The van der Waals surface area contributed by atoms with Gasteiger partial charge in [0.15, 0.2) is 0 Å². The molecule has 0 aliphatic rings. The fourth-order valence-corrected chi connectivity index (χ4v) is 1.88. The molecule has 0 unspecified atom stereocenters. The maximum atomic E-state index is 11.0. The lowest BCUT2D eigenvalue weighted by atomic mass is 10.2. The highest BCUT2D eigenvalue weighted by molar-refractivity contribution is 9.10. The van der Waals surface area contributed by atoms with Crippen LogP contribution in [0.3, 0.4) is 0 Å². The van der Waals surface area contributed by atoms with E-state index in [0.717, 1.165) is 0 Å². The predicted molar refractivity (Wildman–Crippen MR) is 74.0 cm³/mol. The fraction of sp³-hybridized carbons (Fsp3) is 0. The van der Waals surface area contributed by atoms with Crippen LogP contribution in [-0.2, 0) is 0 Å². The molecule has 2 aromatic carbocycles. The van der Waals surface area contributed by atoms with E-state index in [4.69, 9.17) is 4.74 Å². The minimum atomic E-state index is -0.616. The van der Waals surface area contributed by atoms with Crippen molar-refractivity contribution in [3.63, 3.8) is 0 Å². The molecule has 0 bridgehead atoms. The Morgan fingerprint density at radius 1 is 0.900 bits per heavy atom. The zero-order valence-electron chi connectivity index (χ0n) is 9.86. The zero-order valence-corrected chi connectivity index (χ0v) is 11.4. The normalized spacial score (nSPS) is 10.1. The van der Waals surface area contributed by atoms with Gasteiger partial charge in [-0.2, -0.15) is 0 Å². The second kappa shape index (κ2) is 5.66. The number of halogens is 1. The summed E-state index contributed by atoms with van der Waals surface area (Å²) in [4.78, 5) is 20.6. The SMILES string of the molecule is O=[N+]([O-])c1ccccc1Oc1ccc(Br)cc1[N+](=O)[O-]. The molecule has 0 saturated carbocycles. The van der Waals surface area contributed by atoms with Crippen LogP contribution in [0.4, 0.5) is 11.4 Å². The zero-order chi connectivity index (χ0) is 14.7. The van der Waals surface area contributed by atoms with Gasteiger partial charge >= 0.3 is 11.4 Å². The van der Waals surface area contributed by atoms with E-state index in [1.165, 1.54) is 30.3 Å². The Balaban J connectivity index is 2.45. The average molecular weight is 339 g/mol. The van der Waals surface area contributed by atoms with E-state index in [-0.39, 0.29) is 22.9 Å². The summed E-state index contributed by atoms with van der Waals surface area (Å²) in [5.74, 6) is -0.115. The first kappa shape index (κ1) is 13.9. The van der Waals surface area contributed by atoms with Gasteiger partial charge in [0.25, 0.3) is 0 Å². The molecule has 2 aromatic rings. The Bertz CT molecular complexity index is 689. The van der Waals surface area contributed by atoms with Crippen LogP contribution in [0.2, 0.25) is 0 Å². The third kappa shape index (κ3) is 2.91. The second-order valence-electron chi connectivity index (χ2n) is 3.70. The van der Waals surface area contributed by atoms with Crippen LogP contribution in [0.25, 0.3) is 0 Å². The van der Waals surface area contributed by atoms with Crippen LogP contribution in [-0.4, -0.2) is 9.85 Å². The number of nitro benzene ring substituents is 2. The van der Waals surface area contributed by atoms with E-state index in [0.29, 0.717) is 4.47 Å². The molecule has 0 amide bonds. The van der Waals surface area contributed by atoms with Crippen molar-refractivity contribution < 1.29 is 14.6 Å². The quantitative estimate of drug-likeness (QED) is 0.618. The van der Waals surface area contributed by atoms with Crippen LogP contribution in [0.1, 0.15) is 0 Å². The first-order valence-corrected chi connectivity index (χ1v) is 6.13. The van der Waals surface area contributed by atoms with Crippen molar-refractivity contribution in [2.24, 2.45) is 0 Å². The number of para-hydroxylation sites is 2. The molecule has 8 heteroatoms. The lowest BCUT2D eigenvalue weighted by Crippen LogP contribution is -1.96. The number of nitrogens with zero attached hydrogens (tertiary/aromatic N) is 2. The van der Waals surface area contributed by atoms with Gasteiger partial charge in [-0.05, 0) is 18.2 Å². The molecular formula is C12H7BrN2O5. The minimum absolute atomic E-state index is 0.0528. The third-order valence-corrected chi connectivity index (χ3v) is 2.89. The molecule has 20 heavy (non-hydrogen) atoms. The lowest BCUT2D eigenvalue weighted by Gasteiger charge is -2.06. The molecule has 0 heterocycles. The van der Waals surface area contributed by atoms with E-state index in [2.05, 4.69) is 15.9 Å². The van der Waals surface area contributed by atoms with Crippen LogP contribution in [0, 0.1) is 20.2 Å². The summed E-state index contributed by atoms with van der Waals surface area (Å²) in [6.07, 6.45) is 0. The van der Waals surface area contributed by atoms with Gasteiger partial charge in [0, 0.05) is 16.6 Å². The first-order valence-electron chi connectivity index (χ1n) is 5.34. The number of rotatable bonds is 4. The van der Waals surface area contributed by atoms with Crippen LogP contribution in [0.5, 0.6) is 11.5 Å². The molecule has 0 saturated heterocycles. The maximum absolute atomic E-state index is 11.0. The highest BCUT2D eigenvalue weighted by Crippen LogP contribution is 2.37. The Hall–Kier alpha value is -2.48. The molecule has 102 valence electrons. The average Bonchev–Trinajstić information content (AvgIpc) is 2.41. The Morgan fingerprint density at radius 2 is 1.50 bits per heavy atom.